The third kappa shape index (κ3) is 2.49. The number of pyridine rings is 1. The van der Waals surface area contributed by atoms with Crippen molar-refractivity contribution < 1.29 is 0 Å². The summed E-state index contributed by atoms with van der Waals surface area (Å²) in [5.41, 5.74) is 2.15. The zero-order valence-corrected chi connectivity index (χ0v) is 8.51. The molecule has 4 heteroatoms. The lowest BCUT2D eigenvalue weighted by Gasteiger charge is -2.01. The first-order valence-electron chi connectivity index (χ1n) is 4.78. The van der Waals surface area contributed by atoms with Crippen LogP contribution in [0, 0.1) is 0 Å². The van der Waals surface area contributed by atoms with Crippen molar-refractivity contribution in [2.75, 3.05) is 12.4 Å². The standard InChI is InChI=1S/C11H12N4/c1-12-11-3-2-10(14-15-11)8-9-4-6-13-7-5-9/h2-7H,8H2,1H3,(H,12,15). The third-order valence-corrected chi connectivity index (χ3v) is 2.11. The summed E-state index contributed by atoms with van der Waals surface area (Å²) >= 11 is 0. The summed E-state index contributed by atoms with van der Waals surface area (Å²) in [6.45, 7) is 0. The number of aromatic nitrogens is 3. The molecule has 0 saturated carbocycles. The van der Waals surface area contributed by atoms with Gasteiger partial charge < -0.3 is 5.32 Å². The molecule has 0 aromatic carbocycles. The van der Waals surface area contributed by atoms with Crippen molar-refractivity contribution in [3.8, 4) is 0 Å². The highest BCUT2D eigenvalue weighted by Crippen LogP contribution is 2.06. The minimum atomic E-state index is 0.786. The molecule has 0 fully saturated rings. The van der Waals surface area contributed by atoms with Crippen LogP contribution >= 0.6 is 0 Å². The molecule has 2 heterocycles. The van der Waals surface area contributed by atoms with Crippen LogP contribution in [0.4, 0.5) is 5.82 Å². The molecule has 0 aliphatic carbocycles. The highest BCUT2D eigenvalue weighted by atomic mass is 15.2. The normalized spacial score (nSPS) is 9.93. The van der Waals surface area contributed by atoms with Crippen LogP contribution in [-0.4, -0.2) is 22.2 Å². The summed E-state index contributed by atoms with van der Waals surface area (Å²) in [6, 6.07) is 7.85. The molecular weight excluding hydrogens is 188 g/mol. The van der Waals surface area contributed by atoms with E-state index in [9.17, 15) is 0 Å². The van der Waals surface area contributed by atoms with Crippen molar-refractivity contribution in [1.29, 1.82) is 0 Å². The minimum absolute atomic E-state index is 0.786. The fraction of sp³-hybridized carbons (Fsp3) is 0.182. The van der Waals surface area contributed by atoms with Crippen LogP contribution in [0.15, 0.2) is 36.7 Å². The second kappa shape index (κ2) is 4.50. The molecule has 0 radical (unpaired) electrons. The maximum Gasteiger partial charge on any atom is 0.148 e. The smallest absolute Gasteiger partial charge is 0.148 e. The third-order valence-electron chi connectivity index (χ3n) is 2.11. The molecular formula is C11H12N4. The van der Waals surface area contributed by atoms with Gasteiger partial charge in [-0.1, -0.05) is 0 Å². The van der Waals surface area contributed by atoms with E-state index in [1.54, 1.807) is 12.4 Å². The Balaban J connectivity index is 2.11. The largest absolute Gasteiger partial charge is 0.372 e. The Hall–Kier alpha value is -1.97. The average Bonchev–Trinajstić information content (AvgIpc) is 2.31. The molecule has 2 aromatic heterocycles. The SMILES string of the molecule is CNc1ccc(Cc2ccncc2)nn1. The molecule has 2 aromatic rings. The maximum absolute atomic E-state index is 4.11. The van der Waals surface area contributed by atoms with Crippen molar-refractivity contribution in [1.82, 2.24) is 15.2 Å². The zero-order chi connectivity index (χ0) is 10.5. The molecule has 1 N–H and O–H groups in total. The molecule has 0 spiro atoms. The Morgan fingerprint density at radius 2 is 1.87 bits per heavy atom. The van der Waals surface area contributed by atoms with Gasteiger partial charge in [0.15, 0.2) is 0 Å². The summed E-state index contributed by atoms with van der Waals surface area (Å²) < 4.78 is 0. The van der Waals surface area contributed by atoms with Gasteiger partial charge in [0.05, 0.1) is 5.69 Å². The van der Waals surface area contributed by atoms with E-state index < -0.39 is 0 Å². The van der Waals surface area contributed by atoms with E-state index in [-0.39, 0.29) is 0 Å². The van der Waals surface area contributed by atoms with Gasteiger partial charge >= 0.3 is 0 Å². The monoisotopic (exact) mass is 200 g/mol. The summed E-state index contributed by atoms with van der Waals surface area (Å²) in [5.74, 6) is 0.786. The van der Waals surface area contributed by atoms with E-state index in [4.69, 9.17) is 0 Å². The van der Waals surface area contributed by atoms with Crippen molar-refractivity contribution >= 4 is 5.82 Å². The molecule has 76 valence electrons. The van der Waals surface area contributed by atoms with Gasteiger partial charge in [-0.25, -0.2) is 0 Å². The number of hydrogen-bond acceptors (Lipinski definition) is 4. The van der Waals surface area contributed by atoms with Crippen LogP contribution < -0.4 is 5.32 Å². The lowest BCUT2D eigenvalue weighted by atomic mass is 10.1. The number of rotatable bonds is 3. The maximum atomic E-state index is 4.11. The summed E-state index contributed by atoms with van der Waals surface area (Å²) in [4.78, 5) is 3.97. The van der Waals surface area contributed by atoms with Gasteiger partial charge in [-0.3, -0.25) is 4.98 Å². The van der Waals surface area contributed by atoms with Crippen molar-refractivity contribution in [3.05, 3.63) is 47.9 Å². The number of nitrogens with one attached hydrogen (secondary N) is 1. The summed E-state index contributed by atoms with van der Waals surface area (Å²) in [6.07, 6.45) is 4.36. The molecule has 0 amide bonds. The predicted molar refractivity (Wildman–Crippen MR) is 58.6 cm³/mol. The molecule has 4 nitrogen and oxygen atoms in total. The number of hydrogen-bond donors (Lipinski definition) is 1. The van der Waals surface area contributed by atoms with Gasteiger partial charge in [0.1, 0.15) is 5.82 Å². The summed E-state index contributed by atoms with van der Waals surface area (Å²) in [7, 11) is 1.83. The van der Waals surface area contributed by atoms with Crippen molar-refractivity contribution in [2.45, 2.75) is 6.42 Å². The van der Waals surface area contributed by atoms with Gasteiger partial charge in [-0.05, 0) is 29.8 Å². The van der Waals surface area contributed by atoms with Gasteiger partial charge in [0, 0.05) is 25.9 Å². The topological polar surface area (TPSA) is 50.7 Å². The fourth-order valence-electron chi connectivity index (χ4n) is 1.30. The minimum Gasteiger partial charge on any atom is -0.372 e. The van der Waals surface area contributed by atoms with E-state index in [1.165, 1.54) is 5.56 Å². The van der Waals surface area contributed by atoms with Gasteiger partial charge in [0.25, 0.3) is 0 Å². The molecule has 0 unspecified atom stereocenters. The van der Waals surface area contributed by atoms with Crippen LogP contribution in [0.5, 0.6) is 0 Å². The Labute approximate surface area is 88.4 Å². The van der Waals surface area contributed by atoms with Crippen LogP contribution in [-0.2, 0) is 6.42 Å². The highest BCUT2D eigenvalue weighted by molar-refractivity contribution is 5.32. The Bertz CT molecular complexity index is 410. The zero-order valence-electron chi connectivity index (χ0n) is 8.51. The fourth-order valence-corrected chi connectivity index (χ4v) is 1.30. The molecule has 2 rings (SSSR count). The van der Waals surface area contributed by atoms with E-state index in [0.717, 1.165) is 17.9 Å². The Morgan fingerprint density at radius 1 is 1.07 bits per heavy atom. The lowest BCUT2D eigenvalue weighted by Crippen LogP contribution is -1.98. The highest BCUT2D eigenvalue weighted by Gasteiger charge is 1.98. The second-order valence-corrected chi connectivity index (χ2v) is 3.19. The molecule has 0 saturated heterocycles. The second-order valence-electron chi connectivity index (χ2n) is 3.19. The lowest BCUT2D eigenvalue weighted by molar-refractivity contribution is 0.938. The molecule has 0 bridgehead atoms. The van der Waals surface area contributed by atoms with Gasteiger partial charge in [-0.15, -0.1) is 5.10 Å². The van der Waals surface area contributed by atoms with Crippen LogP contribution in [0.2, 0.25) is 0 Å². The van der Waals surface area contributed by atoms with E-state index in [0.29, 0.717) is 0 Å². The van der Waals surface area contributed by atoms with Crippen LogP contribution in [0.25, 0.3) is 0 Å². The van der Waals surface area contributed by atoms with Crippen molar-refractivity contribution in [3.63, 3.8) is 0 Å². The Morgan fingerprint density at radius 3 is 2.47 bits per heavy atom. The molecule has 0 aliphatic rings. The first-order valence-corrected chi connectivity index (χ1v) is 4.78. The van der Waals surface area contributed by atoms with E-state index in [1.807, 2.05) is 31.3 Å². The van der Waals surface area contributed by atoms with E-state index in [2.05, 4.69) is 20.5 Å². The number of anilines is 1. The quantitative estimate of drug-likeness (QED) is 0.815. The summed E-state index contributed by atoms with van der Waals surface area (Å²) in [5, 5.41) is 11.1. The first kappa shape index (κ1) is 9.58. The molecule has 0 aliphatic heterocycles. The van der Waals surface area contributed by atoms with Gasteiger partial charge in [0.2, 0.25) is 0 Å². The van der Waals surface area contributed by atoms with E-state index >= 15 is 0 Å². The van der Waals surface area contributed by atoms with Gasteiger partial charge in [-0.2, -0.15) is 5.10 Å². The Kier molecular flexibility index (Phi) is 2.88. The first-order chi connectivity index (χ1) is 7.38. The molecule has 0 atom stereocenters. The number of nitrogens with zero attached hydrogens (tertiary/aromatic N) is 3. The predicted octanol–water partition coefficient (Wildman–Crippen LogP) is 1.50. The molecule has 15 heavy (non-hydrogen) atoms. The average molecular weight is 200 g/mol. The van der Waals surface area contributed by atoms with Crippen LogP contribution in [0.3, 0.4) is 0 Å². The van der Waals surface area contributed by atoms with Crippen LogP contribution in [0.1, 0.15) is 11.3 Å². The van der Waals surface area contributed by atoms with Crippen molar-refractivity contribution in [2.24, 2.45) is 0 Å².